The van der Waals surface area contributed by atoms with Gasteiger partial charge in [0.1, 0.15) is 22.3 Å². The van der Waals surface area contributed by atoms with Gasteiger partial charge in [0.2, 0.25) is 0 Å². The Kier molecular flexibility index (Phi) is 5.71. The Morgan fingerprint density at radius 2 is 1.72 bits per heavy atom. The number of methoxy groups -OCH3 is 2. The van der Waals surface area contributed by atoms with Gasteiger partial charge in [-0.1, -0.05) is 23.4 Å². The number of benzene rings is 1. The van der Waals surface area contributed by atoms with Crippen LogP contribution in [0.25, 0.3) is 11.0 Å². The quantitative estimate of drug-likeness (QED) is 0.443. The molecule has 0 atom stereocenters. The largest absolute Gasteiger partial charge is 0.497 e. The molecule has 150 valence electrons. The summed E-state index contributed by atoms with van der Waals surface area (Å²) in [7, 11) is 3.16. The van der Waals surface area contributed by atoms with Crippen LogP contribution in [0.15, 0.2) is 36.5 Å². The lowest BCUT2D eigenvalue weighted by molar-refractivity contribution is 0.0543. The molecule has 0 amide bonds. The fourth-order valence-corrected chi connectivity index (χ4v) is 2.79. The molecule has 3 rings (SSSR count). The molecule has 0 unspecified atom stereocenters. The van der Waals surface area contributed by atoms with Crippen molar-refractivity contribution in [3.05, 3.63) is 52.8 Å². The van der Waals surface area contributed by atoms with Crippen molar-refractivity contribution in [3.63, 3.8) is 0 Å². The maximum absolute atomic E-state index is 12.6. The molecule has 0 aliphatic heterocycles. The number of hydrogen-bond donors (Lipinski definition) is 0. The Hall–Kier alpha value is -3.17. The minimum atomic E-state index is -0.644. The van der Waals surface area contributed by atoms with Crippen molar-refractivity contribution in [3.8, 4) is 23.3 Å². The van der Waals surface area contributed by atoms with Crippen LogP contribution >= 0.6 is 11.6 Å². The molecule has 6 nitrogen and oxygen atoms in total. The van der Waals surface area contributed by atoms with Gasteiger partial charge in [-0.25, -0.2) is 14.3 Å². The van der Waals surface area contributed by atoms with E-state index < -0.39 is 11.7 Å². The molecule has 0 N–H and O–H groups in total. The van der Waals surface area contributed by atoms with E-state index in [-0.39, 0.29) is 5.15 Å². The molecule has 0 spiro atoms. The lowest BCUT2D eigenvalue weighted by Crippen LogP contribution is -2.26. The smallest absolute Gasteiger partial charge is 0.420 e. The van der Waals surface area contributed by atoms with Crippen LogP contribution in [-0.4, -0.2) is 35.5 Å². The number of ether oxygens (including phenoxy) is 3. The molecular formula is C22H21ClN2O4. The van der Waals surface area contributed by atoms with E-state index in [2.05, 4.69) is 16.8 Å². The van der Waals surface area contributed by atoms with Crippen LogP contribution in [-0.2, 0) is 4.74 Å². The Labute approximate surface area is 174 Å². The van der Waals surface area contributed by atoms with Gasteiger partial charge in [-0.05, 0) is 45.0 Å². The molecule has 2 aromatic heterocycles. The molecule has 0 bridgehead atoms. The second-order valence-corrected chi connectivity index (χ2v) is 7.64. The number of aromatic nitrogens is 2. The molecule has 3 aromatic rings. The van der Waals surface area contributed by atoms with Gasteiger partial charge in [0, 0.05) is 23.2 Å². The van der Waals surface area contributed by atoms with E-state index >= 15 is 0 Å². The second-order valence-electron chi connectivity index (χ2n) is 7.25. The molecular weight excluding hydrogens is 392 g/mol. The van der Waals surface area contributed by atoms with Crippen LogP contribution in [0.3, 0.4) is 0 Å². The SMILES string of the molecule is COc1cc(C#Cc2cn(C(=O)OC(C)(C)C)c3nc(Cl)ccc23)cc(OC)c1. The van der Waals surface area contributed by atoms with Gasteiger partial charge in [0.25, 0.3) is 0 Å². The van der Waals surface area contributed by atoms with Crippen molar-refractivity contribution in [2.24, 2.45) is 0 Å². The van der Waals surface area contributed by atoms with Gasteiger partial charge in [-0.15, -0.1) is 0 Å². The molecule has 0 saturated heterocycles. The van der Waals surface area contributed by atoms with Gasteiger partial charge in [0.05, 0.1) is 19.8 Å². The third-order valence-corrected chi connectivity index (χ3v) is 4.11. The Morgan fingerprint density at radius 3 is 2.31 bits per heavy atom. The topological polar surface area (TPSA) is 62.6 Å². The molecule has 0 aliphatic carbocycles. The number of hydrogen-bond acceptors (Lipinski definition) is 5. The van der Waals surface area contributed by atoms with Crippen molar-refractivity contribution in [1.82, 2.24) is 9.55 Å². The summed E-state index contributed by atoms with van der Waals surface area (Å²) in [6.07, 6.45) is 1.06. The molecule has 7 heteroatoms. The van der Waals surface area contributed by atoms with Gasteiger partial charge < -0.3 is 14.2 Å². The third-order valence-electron chi connectivity index (χ3n) is 3.90. The van der Waals surface area contributed by atoms with E-state index in [0.29, 0.717) is 33.7 Å². The molecule has 0 saturated carbocycles. The first-order chi connectivity index (χ1) is 13.7. The van der Waals surface area contributed by atoms with Crippen LogP contribution in [0.5, 0.6) is 11.5 Å². The zero-order valence-electron chi connectivity index (χ0n) is 16.9. The standard InChI is InChI=1S/C22H21ClN2O4/c1-22(2,3)29-21(26)25-13-15(18-8-9-19(23)24-20(18)25)7-6-14-10-16(27-4)12-17(11-14)28-5/h8-13H,1-5H3. The fraction of sp³-hybridized carbons (Fsp3) is 0.273. The minimum Gasteiger partial charge on any atom is -0.497 e. The monoisotopic (exact) mass is 412 g/mol. The number of carbonyl (C=O) groups is 1. The average Bonchev–Trinajstić information content (AvgIpc) is 3.02. The highest BCUT2D eigenvalue weighted by Gasteiger charge is 2.21. The molecule has 29 heavy (non-hydrogen) atoms. The Bertz CT molecular complexity index is 1110. The predicted molar refractivity (Wildman–Crippen MR) is 112 cm³/mol. The molecule has 0 fully saturated rings. The van der Waals surface area contributed by atoms with Crippen LogP contribution < -0.4 is 9.47 Å². The molecule has 1 aromatic carbocycles. The fourth-order valence-electron chi connectivity index (χ4n) is 2.65. The molecule has 0 aliphatic rings. The van der Waals surface area contributed by atoms with Crippen molar-refractivity contribution >= 4 is 28.7 Å². The Morgan fingerprint density at radius 1 is 1.07 bits per heavy atom. The van der Waals surface area contributed by atoms with Gasteiger partial charge in [0.15, 0.2) is 5.65 Å². The lowest BCUT2D eigenvalue weighted by atomic mass is 10.1. The van der Waals surface area contributed by atoms with Crippen molar-refractivity contribution in [2.45, 2.75) is 26.4 Å². The van der Waals surface area contributed by atoms with Crippen LogP contribution in [0.2, 0.25) is 5.15 Å². The van der Waals surface area contributed by atoms with Crippen molar-refractivity contribution in [1.29, 1.82) is 0 Å². The molecule has 0 radical (unpaired) electrons. The lowest BCUT2D eigenvalue weighted by Gasteiger charge is -2.19. The third kappa shape index (κ3) is 4.82. The zero-order valence-corrected chi connectivity index (χ0v) is 17.6. The van der Waals surface area contributed by atoms with Crippen LogP contribution in [0, 0.1) is 11.8 Å². The predicted octanol–water partition coefficient (Wildman–Crippen LogP) is 4.89. The number of carbonyl (C=O) groups excluding carboxylic acids is 1. The number of pyridine rings is 1. The maximum Gasteiger partial charge on any atom is 0.420 e. The van der Waals surface area contributed by atoms with E-state index in [4.69, 9.17) is 25.8 Å². The summed E-state index contributed by atoms with van der Waals surface area (Å²) in [5.74, 6) is 7.45. The molecule has 2 heterocycles. The summed E-state index contributed by atoms with van der Waals surface area (Å²) in [6.45, 7) is 5.40. The number of halogens is 1. The zero-order chi connectivity index (χ0) is 21.2. The van der Waals surface area contributed by atoms with E-state index in [1.807, 2.05) is 0 Å². The van der Waals surface area contributed by atoms with Gasteiger partial charge in [-0.2, -0.15) is 0 Å². The summed E-state index contributed by atoms with van der Waals surface area (Å²) >= 11 is 6.04. The highest BCUT2D eigenvalue weighted by atomic mass is 35.5. The number of nitrogens with zero attached hydrogens (tertiary/aromatic N) is 2. The van der Waals surface area contributed by atoms with Crippen molar-refractivity contribution in [2.75, 3.05) is 14.2 Å². The van der Waals surface area contributed by atoms with E-state index in [9.17, 15) is 4.79 Å². The van der Waals surface area contributed by atoms with Crippen LogP contribution in [0.4, 0.5) is 4.79 Å². The van der Waals surface area contributed by atoms with E-state index in [0.717, 1.165) is 0 Å². The summed E-state index contributed by atoms with van der Waals surface area (Å²) in [6, 6.07) is 8.81. The van der Waals surface area contributed by atoms with Gasteiger partial charge in [-0.3, -0.25) is 0 Å². The number of rotatable bonds is 2. The Balaban J connectivity index is 2.08. The summed E-state index contributed by atoms with van der Waals surface area (Å²) in [5, 5.41) is 0.972. The highest BCUT2D eigenvalue weighted by molar-refractivity contribution is 6.29. The first-order valence-corrected chi connectivity index (χ1v) is 9.24. The summed E-state index contributed by atoms with van der Waals surface area (Å²) in [4.78, 5) is 16.9. The van der Waals surface area contributed by atoms with Crippen LogP contribution in [0.1, 0.15) is 31.9 Å². The summed E-state index contributed by atoms with van der Waals surface area (Å²) < 4.78 is 17.3. The van der Waals surface area contributed by atoms with Crippen molar-refractivity contribution < 1.29 is 19.0 Å². The van der Waals surface area contributed by atoms with E-state index in [1.54, 1.807) is 71.5 Å². The first-order valence-electron chi connectivity index (χ1n) is 8.86. The second kappa shape index (κ2) is 8.06. The average molecular weight is 413 g/mol. The van der Waals surface area contributed by atoms with E-state index in [1.165, 1.54) is 4.57 Å². The maximum atomic E-state index is 12.6. The highest BCUT2D eigenvalue weighted by Crippen LogP contribution is 2.24. The minimum absolute atomic E-state index is 0.275. The summed E-state index contributed by atoms with van der Waals surface area (Å²) in [5.41, 5.74) is 1.08. The van der Waals surface area contributed by atoms with Gasteiger partial charge >= 0.3 is 6.09 Å². The first kappa shape index (κ1) is 20.6. The normalized spacial score (nSPS) is 11.0. The number of fused-ring (bicyclic) bond motifs is 1.